The van der Waals surface area contributed by atoms with Crippen molar-refractivity contribution in [3.63, 3.8) is 0 Å². The van der Waals surface area contributed by atoms with Gasteiger partial charge in [-0.15, -0.1) is 0 Å². The van der Waals surface area contributed by atoms with Gasteiger partial charge in [-0.05, 0) is 51.3 Å². The first-order valence-electron chi connectivity index (χ1n) is 7.64. The van der Waals surface area contributed by atoms with E-state index in [0.29, 0.717) is 0 Å². The normalized spacial score (nSPS) is 15.8. The molecule has 0 fully saturated rings. The van der Waals surface area contributed by atoms with Crippen molar-refractivity contribution in [1.29, 1.82) is 0 Å². The van der Waals surface area contributed by atoms with Gasteiger partial charge in [0, 0.05) is 31.4 Å². The lowest BCUT2D eigenvalue weighted by Gasteiger charge is -2.23. The van der Waals surface area contributed by atoms with Crippen LogP contribution in [0.5, 0.6) is 0 Å². The number of carbonyl (C=O) groups is 1. The molecule has 0 aliphatic carbocycles. The highest BCUT2D eigenvalue weighted by atomic mass is 16.2. The summed E-state index contributed by atoms with van der Waals surface area (Å²) in [7, 11) is 2.13. The summed E-state index contributed by atoms with van der Waals surface area (Å²) in [6.45, 7) is 9.70. The number of nitrogens with zero attached hydrogens (tertiary/aromatic N) is 1. The molecule has 2 rings (SSSR count). The average Bonchev–Trinajstić information content (AvgIpc) is 2.75. The third-order valence-electron chi connectivity index (χ3n) is 3.78. The molecule has 0 aromatic heterocycles. The second-order valence-corrected chi connectivity index (χ2v) is 6.98. The summed E-state index contributed by atoms with van der Waals surface area (Å²) >= 11 is 0. The van der Waals surface area contributed by atoms with E-state index in [-0.39, 0.29) is 17.5 Å². The van der Waals surface area contributed by atoms with Crippen LogP contribution >= 0.6 is 0 Å². The van der Waals surface area contributed by atoms with E-state index in [1.165, 1.54) is 16.8 Å². The second kappa shape index (κ2) is 6.06. The molecule has 4 nitrogen and oxygen atoms in total. The highest BCUT2D eigenvalue weighted by Gasteiger charge is 2.19. The molecular formula is C17H27N3O. The number of nitrogens with one attached hydrogen (secondary N) is 2. The Hall–Kier alpha value is -1.55. The second-order valence-electron chi connectivity index (χ2n) is 6.98. The van der Waals surface area contributed by atoms with Gasteiger partial charge in [-0.2, -0.15) is 0 Å². The molecule has 1 atom stereocenters. The Morgan fingerprint density at radius 3 is 2.76 bits per heavy atom. The Balaban J connectivity index is 1.90. The van der Waals surface area contributed by atoms with Crippen molar-refractivity contribution >= 4 is 11.6 Å². The largest absolute Gasteiger partial charge is 0.374 e. The molecule has 0 saturated heterocycles. The molecule has 1 heterocycles. The molecule has 1 aromatic rings. The molecule has 0 bridgehead atoms. The molecule has 0 radical (unpaired) electrons. The molecule has 2 N–H and O–H groups in total. The molecule has 1 unspecified atom stereocenters. The van der Waals surface area contributed by atoms with E-state index < -0.39 is 0 Å². The van der Waals surface area contributed by atoms with E-state index in [1.54, 1.807) is 0 Å². The maximum Gasteiger partial charge on any atom is 0.237 e. The predicted octanol–water partition coefficient (Wildman–Crippen LogP) is 2.07. The van der Waals surface area contributed by atoms with Crippen molar-refractivity contribution in [2.45, 2.75) is 52.2 Å². The van der Waals surface area contributed by atoms with Crippen LogP contribution in [0.1, 0.15) is 38.8 Å². The minimum Gasteiger partial charge on any atom is -0.374 e. The standard InChI is InChI=1S/C17H27N3O/c1-12(16(21)19-17(2,3)4)18-11-13-6-7-15-14(10-13)8-9-20(15)5/h6-7,10,12,18H,8-9,11H2,1-5H3,(H,19,21). The Kier molecular flexibility index (Phi) is 4.57. The lowest BCUT2D eigenvalue weighted by molar-refractivity contribution is -0.124. The highest BCUT2D eigenvalue weighted by molar-refractivity contribution is 5.81. The minimum absolute atomic E-state index is 0.0448. The van der Waals surface area contributed by atoms with E-state index in [0.717, 1.165) is 19.5 Å². The van der Waals surface area contributed by atoms with Crippen LogP contribution in [0.25, 0.3) is 0 Å². The molecule has 1 aromatic carbocycles. The van der Waals surface area contributed by atoms with Gasteiger partial charge in [-0.3, -0.25) is 4.79 Å². The van der Waals surface area contributed by atoms with Gasteiger partial charge in [0.1, 0.15) is 0 Å². The van der Waals surface area contributed by atoms with Gasteiger partial charge in [0.15, 0.2) is 0 Å². The van der Waals surface area contributed by atoms with Gasteiger partial charge >= 0.3 is 0 Å². The molecule has 4 heteroatoms. The number of hydrogen-bond acceptors (Lipinski definition) is 3. The Morgan fingerprint density at radius 1 is 1.38 bits per heavy atom. The van der Waals surface area contributed by atoms with Crippen LogP contribution in [0, 0.1) is 0 Å². The Labute approximate surface area is 127 Å². The van der Waals surface area contributed by atoms with Crippen molar-refractivity contribution in [3.05, 3.63) is 29.3 Å². The van der Waals surface area contributed by atoms with E-state index in [2.05, 4.69) is 40.8 Å². The van der Waals surface area contributed by atoms with Crippen molar-refractivity contribution in [2.24, 2.45) is 0 Å². The lowest BCUT2D eigenvalue weighted by atomic mass is 10.1. The maximum absolute atomic E-state index is 12.0. The van der Waals surface area contributed by atoms with Crippen LogP contribution < -0.4 is 15.5 Å². The third kappa shape index (κ3) is 4.21. The van der Waals surface area contributed by atoms with Crippen LogP contribution in [0.2, 0.25) is 0 Å². The maximum atomic E-state index is 12.0. The van der Waals surface area contributed by atoms with Crippen molar-refractivity contribution < 1.29 is 4.79 Å². The van der Waals surface area contributed by atoms with Gasteiger partial charge in [0.2, 0.25) is 5.91 Å². The predicted molar refractivity (Wildman–Crippen MR) is 87.6 cm³/mol. The summed E-state index contributed by atoms with van der Waals surface area (Å²) in [5, 5.41) is 6.29. The van der Waals surface area contributed by atoms with Gasteiger partial charge in [-0.25, -0.2) is 0 Å². The van der Waals surface area contributed by atoms with Crippen LogP contribution in [0.15, 0.2) is 18.2 Å². The van der Waals surface area contributed by atoms with E-state index >= 15 is 0 Å². The van der Waals surface area contributed by atoms with E-state index in [4.69, 9.17) is 0 Å². The first-order chi connectivity index (χ1) is 9.76. The zero-order chi connectivity index (χ0) is 15.6. The van der Waals surface area contributed by atoms with E-state index in [1.807, 2.05) is 27.7 Å². The van der Waals surface area contributed by atoms with Gasteiger partial charge in [-0.1, -0.05) is 12.1 Å². The summed E-state index contributed by atoms with van der Waals surface area (Å²) in [6.07, 6.45) is 1.11. The quantitative estimate of drug-likeness (QED) is 0.892. The third-order valence-corrected chi connectivity index (χ3v) is 3.78. The monoisotopic (exact) mass is 289 g/mol. The zero-order valence-corrected chi connectivity index (χ0v) is 13.8. The fraction of sp³-hybridized carbons (Fsp3) is 0.588. The minimum atomic E-state index is -0.194. The fourth-order valence-electron chi connectivity index (χ4n) is 2.57. The fourth-order valence-corrected chi connectivity index (χ4v) is 2.57. The first kappa shape index (κ1) is 15.8. The van der Waals surface area contributed by atoms with Crippen molar-refractivity contribution in [2.75, 3.05) is 18.5 Å². The molecule has 1 amide bonds. The number of anilines is 1. The highest BCUT2D eigenvalue weighted by Crippen LogP contribution is 2.27. The molecule has 1 aliphatic rings. The summed E-state index contributed by atoms with van der Waals surface area (Å²) < 4.78 is 0. The molecule has 1 aliphatic heterocycles. The Morgan fingerprint density at radius 2 is 2.10 bits per heavy atom. The van der Waals surface area contributed by atoms with E-state index in [9.17, 15) is 4.79 Å². The summed E-state index contributed by atoms with van der Waals surface area (Å²) in [6, 6.07) is 6.38. The number of amides is 1. The first-order valence-corrected chi connectivity index (χ1v) is 7.64. The van der Waals surface area contributed by atoms with Gasteiger partial charge in [0.25, 0.3) is 0 Å². The summed E-state index contributed by atoms with van der Waals surface area (Å²) in [5.41, 5.74) is 3.78. The number of benzene rings is 1. The van der Waals surface area contributed by atoms with Crippen LogP contribution in [0.3, 0.4) is 0 Å². The SMILES string of the molecule is CC(NCc1ccc2c(c1)CCN2C)C(=O)NC(C)(C)C. The lowest BCUT2D eigenvalue weighted by Crippen LogP contribution is -2.49. The number of fused-ring (bicyclic) bond motifs is 1. The van der Waals surface area contributed by atoms with Crippen LogP contribution in [-0.4, -0.2) is 31.1 Å². The van der Waals surface area contributed by atoms with Crippen LogP contribution in [-0.2, 0) is 17.8 Å². The summed E-state index contributed by atoms with van der Waals surface area (Å²) in [4.78, 5) is 14.3. The van der Waals surface area contributed by atoms with Crippen LogP contribution in [0.4, 0.5) is 5.69 Å². The topological polar surface area (TPSA) is 44.4 Å². The molecular weight excluding hydrogens is 262 g/mol. The molecule has 21 heavy (non-hydrogen) atoms. The Bertz CT molecular complexity index is 519. The average molecular weight is 289 g/mol. The zero-order valence-electron chi connectivity index (χ0n) is 13.8. The van der Waals surface area contributed by atoms with Gasteiger partial charge < -0.3 is 15.5 Å². The van der Waals surface area contributed by atoms with Crippen molar-refractivity contribution in [3.8, 4) is 0 Å². The molecule has 116 valence electrons. The number of hydrogen-bond donors (Lipinski definition) is 2. The molecule has 0 saturated carbocycles. The molecule has 0 spiro atoms. The number of likely N-dealkylation sites (N-methyl/N-ethyl adjacent to an activating group) is 1. The number of rotatable bonds is 4. The summed E-state index contributed by atoms with van der Waals surface area (Å²) in [5.74, 6) is 0.0448. The smallest absolute Gasteiger partial charge is 0.237 e. The number of carbonyl (C=O) groups excluding carboxylic acids is 1. The van der Waals surface area contributed by atoms with Crippen molar-refractivity contribution in [1.82, 2.24) is 10.6 Å². The van der Waals surface area contributed by atoms with Gasteiger partial charge in [0.05, 0.1) is 6.04 Å².